The van der Waals surface area contributed by atoms with Gasteiger partial charge in [-0.25, -0.2) is 18.2 Å². The summed E-state index contributed by atoms with van der Waals surface area (Å²) in [5.74, 6) is -2.83. The fourth-order valence-electron chi connectivity index (χ4n) is 4.72. The van der Waals surface area contributed by atoms with Gasteiger partial charge in [0.1, 0.15) is 11.6 Å². The number of nitrogen functional groups attached to an aromatic ring is 1. The van der Waals surface area contributed by atoms with Gasteiger partial charge in [0, 0.05) is 12.1 Å². The highest BCUT2D eigenvalue weighted by atomic mass is 19.4. The summed E-state index contributed by atoms with van der Waals surface area (Å²) in [7, 11) is 0. The second-order valence-electron chi connectivity index (χ2n) is 9.39. The number of nitrogens with zero attached hydrogens (tertiary/aromatic N) is 3. The van der Waals surface area contributed by atoms with Gasteiger partial charge in [-0.05, 0) is 66.6 Å². The van der Waals surface area contributed by atoms with Crippen molar-refractivity contribution in [3.8, 4) is 5.75 Å². The van der Waals surface area contributed by atoms with Crippen molar-refractivity contribution in [3.05, 3.63) is 135 Å². The molecule has 41 heavy (non-hydrogen) atoms. The summed E-state index contributed by atoms with van der Waals surface area (Å²) in [5.41, 5.74) is 6.37. The summed E-state index contributed by atoms with van der Waals surface area (Å²) in [6, 6.07) is 12.0. The summed E-state index contributed by atoms with van der Waals surface area (Å²) >= 11 is 0. The van der Waals surface area contributed by atoms with E-state index in [-0.39, 0.29) is 31.3 Å². The number of rotatable bonds is 6. The molecule has 0 fully saturated rings. The Kier molecular flexibility index (Phi) is 7.24. The first kappa shape index (κ1) is 27.8. The second kappa shape index (κ2) is 10.7. The summed E-state index contributed by atoms with van der Waals surface area (Å²) in [6.45, 7) is 3.96. The molecule has 1 aromatic heterocycles. The molecule has 5 rings (SSSR count). The van der Waals surface area contributed by atoms with Crippen molar-refractivity contribution in [2.75, 3.05) is 12.3 Å². The molecule has 0 amide bonds. The molecular formula is C29H22F6N4O2. The highest BCUT2D eigenvalue weighted by molar-refractivity contribution is 5.39. The molecule has 0 atom stereocenters. The van der Waals surface area contributed by atoms with E-state index in [1.165, 1.54) is 53.1 Å². The van der Waals surface area contributed by atoms with Crippen molar-refractivity contribution < 1.29 is 31.1 Å². The lowest BCUT2D eigenvalue weighted by atomic mass is 9.97. The Morgan fingerprint density at radius 3 is 2.07 bits per heavy atom. The zero-order valence-electron chi connectivity index (χ0n) is 21.3. The third kappa shape index (κ3) is 5.63. The Bertz CT molecular complexity index is 1620. The molecule has 2 heterocycles. The minimum absolute atomic E-state index is 0.00840. The zero-order chi connectivity index (χ0) is 29.5. The maximum atomic E-state index is 14.3. The van der Waals surface area contributed by atoms with E-state index in [0.29, 0.717) is 34.5 Å². The van der Waals surface area contributed by atoms with Crippen LogP contribution in [0.25, 0.3) is 0 Å². The number of nitrogens with two attached hydrogens (primary N) is 1. The van der Waals surface area contributed by atoms with Crippen molar-refractivity contribution in [1.82, 2.24) is 14.5 Å². The molecule has 3 aromatic carbocycles. The Hall–Kier alpha value is -4.74. The summed E-state index contributed by atoms with van der Waals surface area (Å²) < 4.78 is 86.9. The first-order chi connectivity index (χ1) is 19.4. The van der Waals surface area contributed by atoms with Crippen LogP contribution in [0.3, 0.4) is 0 Å². The van der Waals surface area contributed by atoms with Gasteiger partial charge < -0.3 is 15.4 Å². The normalized spacial score (nSPS) is 13.3. The Labute approximate surface area is 229 Å². The highest BCUT2D eigenvalue weighted by Crippen LogP contribution is 2.33. The number of hydrogen-bond acceptors (Lipinski definition) is 5. The van der Waals surface area contributed by atoms with Crippen molar-refractivity contribution in [1.29, 1.82) is 0 Å². The van der Waals surface area contributed by atoms with E-state index in [1.807, 2.05) is 0 Å². The number of halogens is 6. The quantitative estimate of drug-likeness (QED) is 0.233. The molecule has 4 aromatic rings. The molecule has 0 bridgehead atoms. The van der Waals surface area contributed by atoms with Gasteiger partial charge in [-0.1, -0.05) is 24.3 Å². The van der Waals surface area contributed by atoms with Crippen molar-refractivity contribution >= 4 is 5.95 Å². The van der Waals surface area contributed by atoms with Gasteiger partial charge in [0.2, 0.25) is 5.95 Å². The molecule has 6 nitrogen and oxygen atoms in total. The minimum atomic E-state index is -4.71. The van der Waals surface area contributed by atoms with Gasteiger partial charge in [-0.3, -0.25) is 9.36 Å². The lowest BCUT2D eigenvalue weighted by Gasteiger charge is -2.32. The van der Waals surface area contributed by atoms with E-state index >= 15 is 0 Å². The van der Waals surface area contributed by atoms with Crippen LogP contribution in [0.4, 0.5) is 32.3 Å². The Morgan fingerprint density at radius 1 is 0.951 bits per heavy atom. The Balaban J connectivity index is 1.45. The SMILES string of the molecule is C=C(Oc1ccc(C(F)(F)F)cc1F)N1CCc2c(nc(N)n(C(c3ccc(F)cc3)c3ccc(F)cc3)c2=O)C1. The maximum Gasteiger partial charge on any atom is 0.416 e. The van der Waals surface area contributed by atoms with E-state index in [4.69, 9.17) is 10.5 Å². The van der Waals surface area contributed by atoms with Gasteiger partial charge in [0.25, 0.3) is 5.56 Å². The molecule has 0 unspecified atom stereocenters. The number of anilines is 1. The molecule has 12 heteroatoms. The number of aromatic nitrogens is 2. The fraction of sp³-hybridized carbons (Fsp3) is 0.172. The first-order valence-electron chi connectivity index (χ1n) is 12.3. The van der Waals surface area contributed by atoms with E-state index in [0.717, 1.165) is 6.07 Å². The minimum Gasteiger partial charge on any atom is -0.439 e. The van der Waals surface area contributed by atoms with Crippen molar-refractivity contribution in [3.63, 3.8) is 0 Å². The molecule has 212 valence electrons. The lowest BCUT2D eigenvalue weighted by molar-refractivity contribution is -0.137. The van der Waals surface area contributed by atoms with Crippen LogP contribution in [0.5, 0.6) is 5.75 Å². The third-order valence-corrected chi connectivity index (χ3v) is 6.76. The number of hydrogen-bond donors (Lipinski definition) is 1. The largest absolute Gasteiger partial charge is 0.439 e. The molecule has 0 spiro atoms. The van der Waals surface area contributed by atoms with Crippen LogP contribution >= 0.6 is 0 Å². The average Bonchev–Trinajstić information content (AvgIpc) is 2.92. The smallest absolute Gasteiger partial charge is 0.416 e. The predicted molar refractivity (Wildman–Crippen MR) is 138 cm³/mol. The van der Waals surface area contributed by atoms with E-state index in [1.54, 1.807) is 4.90 Å². The highest BCUT2D eigenvalue weighted by Gasteiger charge is 2.32. The van der Waals surface area contributed by atoms with Gasteiger partial charge in [0.05, 0.1) is 23.8 Å². The number of benzene rings is 3. The van der Waals surface area contributed by atoms with Crippen LogP contribution in [-0.4, -0.2) is 21.0 Å². The first-order valence-corrected chi connectivity index (χ1v) is 12.3. The van der Waals surface area contributed by atoms with Crippen molar-refractivity contribution in [2.45, 2.75) is 25.2 Å². The fourth-order valence-corrected chi connectivity index (χ4v) is 4.72. The third-order valence-electron chi connectivity index (χ3n) is 6.76. The topological polar surface area (TPSA) is 73.4 Å². The van der Waals surface area contributed by atoms with Crippen LogP contribution < -0.4 is 16.0 Å². The van der Waals surface area contributed by atoms with Crippen LogP contribution in [0, 0.1) is 17.5 Å². The van der Waals surface area contributed by atoms with Gasteiger partial charge >= 0.3 is 6.18 Å². The van der Waals surface area contributed by atoms with Gasteiger partial charge in [0.15, 0.2) is 17.4 Å². The van der Waals surface area contributed by atoms with Crippen LogP contribution in [0.15, 0.2) is 84.0 Å². The molecular weight excluding hydrogens is 550 g/mol. The zero-order valence-corrected chi connectivity index (χ0v) is 21.3. The number of alkyl halides is 3. The maximum absolute atomic E-state index is 14.3. The number of fused-ring (bicyclic) bond motifs is 1. The molecule has 0 aliphatic carbocycles. The number of ether oxygens (including phenoxy) is 1. The molecule has 1 aliphatic heterocycles. The molecule has 0 radical (unpaired) electrons. The van der Waals surface area contributed by atoms with Crippen LogP contribution in [0.2, 0.25) is 0 Å². The van der Waals surface area contributed by atoms with E-state index < -0.39 is 46.5 Å². The molecule has 0 saturated heterocycles. The molecule has 1 aliphatic rings. The molecule has 0 saturated carbocycles. The lowest BCUT2D eigenvalue weighted by Crippen LogP contribution is -2.40. The summed E-state index contributed by atoms with van der Waals surface area (Å²) in [4.78, 5) is 19.7. The Morgan fingerprint density at radius 2 is 1.54 bits per heavy atom. The van der Waals surface area contributed by atoms with E-state index in [9.17, 15) is 31.1 Å². The second-order valence-corrected chi connectivity index (χ2v) is 9.39. The average molecular weight is 573 g/mol. The van der Waals surface area contributed by atoms with Crippen molar-refractivity contribution in [2.24, 2.45) is 0 Å². The monoisotopic (exact) mass is 572 g/mol. The predicted octanol–water partition coefficient (Wildman–Crippen LogP) is 5.81. The van der Waals surface area contributed by atoms with Crippen LogP contribution in [-0.2, 0) is 19.1 Å². The van der Waals surface area contributed by atoms with Gasteiger partial charge in [-0.2, -0.15) is 13.2 Å². The van der Waals surface area contributed by atoms with Crippen LogP contribution in [0.1, 0.15) is 34.0 Å². The summed E-state index contributed by atoms with van der Waals surface area (Å²) in [5, 5.41) is 0. The van der Waals surface area contributed by atoms with E-state index in [2.05, 4.69) is 11.6 Å². The molecule has 2 N–H and O–H groups in total. The summed E-state index contributed by atoms with van der Waals surface area (Å²) in [6.07, 6.45) is -4.54. The standard InChI is InChI=1S/C29H22F6N4O2/c1-16(41-25-11-6-19(14-23(25)32)29(33,34)35)38-13-12-22-24(15-38)37-28(36)39(27(22)40)26(17-2-7-20(30)8-3-17)18-4-9-21(31)10-5-18/h2-11,14,26H,1,12-13,15H2,(H2,36,37). The van der Waals surface area contributed by atoms with Gasteiger partial charge in [-0.15, -0.1) is 0 Å².